The molecule has 1 aliphatic heterocycles. The molecule has 1 aliphatic rings. The van der Waals surface area contributed by atoms with E-state index in [1.807, 2.05) is 0 Å². The molecule has 2 aromatic heterocycles. The maximum atomic E-state index is 6.10. The molecule has 1 aromatic carbocycles. The number of hydrogen-bond acceptors (Lipinski definition) is 8. The van der Waals surface area contributed by atoms with E-state index in [1.54, 1.807) is 7.11 Å². The molecule has 9 nitrogen and oxygen atoms in total. The molecule has 1 saturated heterocycles. The second kappa shape index (κ2) is 10.1. The number of ether oxygens (including phenoxy) is 2. The van der Waals surface area contributed by atoms with Crippen LogP contribution in [-0.4, -0.2) is 64.5 Å². The normalized spacial score (nSPS) is 17.0. The van der Waals surface area contributed by atoms with Gasteiger partial charge >= 0.3 is 6.01 Å². The van der Waals surface area contributed by atoms with Crippen LogP contribution in [-0.2, 0) is 13.0 Å². The fraction of sp³-hybridized carbons (Fsp3) is 0.522. The van der Waals surface area contributed by atoms with Crippen LogP contribution in [0, 0.1) is 0 Å². The maximum Gasteiger partial charge on any atom is 0.319 e. The predicted molar refractivity (Wildman–Crippen MR) is 125 cm³/mol. The number of benzene rings is 1. The Bertz CT molecular complexity index is 1050. The van der Waals surface area contributed by atoms with E-state index in [-0.39, 0.29) is 0 Å². The molecule has 3 aromatic rings. The molecule has 9 heteroatoms. The van der Waals surface area contributed by atoms with E-state index in [0.29, 0.717) is 41.9 Å². The van der Waals surface area contributed by atoms with Crippen LogP contribution in [0.1, 0.15) is 43.5 Å². The summed E-state index contributed by atoms with van der Waals surface area (Å²) in [6, 6.07) is 7.23. The molecule has 3 heterocycles. The summed E-state index contributed by atoms with van der Waals surface area (Å²) in [5.41, 5.74) is 10.5. The van der Waals surface area contributed by atoms with E-state index in [9.17, 15) is 0 Å². The largest absolute Gasteiger partial charge is 0.496 e. The molecular weight excluding hydrogens is 406 g/mol. The van der Waals surface area contributed by atoms with E-state index in [4.69, 9.17) is 15.2 Å². The van der Waals surface area contributed by atoms with Gasteiger partial charge in [-0.3, -0.25) is 10.00 Å². The van der Waals surface area contributed by atoms with Gasteiger partial charge in [-0.05, 0) is 25.0 Å². The number of hydrogen-bond donors (Lipinski definition) is 3. The smallest absolute Gasteiger partial charge is 0.319 e. The van der Waals surface area contributed by atoms with Crippen molar-refractivity contribution >= 4 is 16.9 Å². The number of H-pyrrole nitrogens is 1. The first-order valence-electron chi connectivity index (χ1n) is 11.3. The van der Waals surface area contributed by atoms with Crippen LogP contribution < -0.4 is 20.5 Å². The van der Waals surface area contributed by atoms with Crippen LogP contribution in [0.3, 0.4) is 0 Å². The topological polar surface area (TPSA) is 114 Å². The van der Waals surface area contributed by atoms with Crippen molar-refractivity contribution in [3.63, 3.8) is 0 Å². The van der Waals surface area contributed by atoms with Gasteiger partial charge in [0.25, 0.3) is 0 Å². The summed E-state index contributed by atoms with van der Waals surface area (Å²) in [5.74, 6) is 1.17. The predicted octanol–water partition coefficient (Wildman–Crippen LogP) is 2.51. The van der Waals surface area contributed by atoms with E-state index >= 15 is 0 Å². The number of aromatic amines is 1. The first-order chi connectivity index (χ1) is 15.6. The van der Waals surface area contributed by atoms with Gasteiger partial charge in [-0.15, -0.1) is 0 Å². The number of nitrogens with zero attached hydrogens (tertiary/aromatic N) is 4. The van der Waals surface area contributed by atoms with Gasteiger partial charge in [-0.1, -0.05) is 25.5 Å². The van der Waals surface area contributed by atoms with E-state index in [1.165, 1.54) is 5.56 Å². The third-order valence-electron chi connectivity index (χ3n) is 5.79. The molecule has 4 N–H and O–H groups in total. The highest BCUT2D eigenvalue weighted by atomic mass is 16.5. The highest BCUT2D eigenvalue weighted by Crippen LogP contribution is 2.28. The molecule has 1 fully saturated rings. The Morgan fingerprint density at radius 1 is 1.25 bits per heavy atom. The fourth-order valence-electron chi connectivity index (χ4n) is 4.08. The fourth-order valence-corrected chi connectivity index (χ4v) is 4.08. The highest BCUT2D eigenvalue weighted by Gasteiger charge is 2.18. The van der Waals surface area contributed by atoms with Gasteiger partial charge in [0.15, 0.2) is 11.3 Å². The number of fused-ring (bicyclic) bond motifs is 1. The highest BCUT2D eigenvalue weighted by molar-refractivity contribution is 5.86. The average molecular weight is 440 g/mol. The number of nitrogens with two attached hydrogens (primary N) is 1. The Kier molecular flexibility index (Phi) is 7.06. The maximum absolute atomic E-state index is 6.10. The zero-order valence-corrected chi connectivity index (χ0v) is 19.1. The van der Waals surface area contributed by atoms with Crippen molar-refractivity contribution in [2.24, 2.45) is 0 Å². The Morgan fingerprint density at radius 2 is 2.12 bits per heavy atom. The molecule has 1 atom stereocenters. The number of rotatable bonds is 9. The number of methoxy groups -OCH3 is 1. The zero-order chi connectivity index (χ0) is 22.5. The lowest BCUT2D eigenvalue weighted by molar-refractivity contribution is 0.199. The van der Waals surface area contributed by atoms with Crippen LogP contribution in [0.5, 0.6) is 11.8 Å². The minimum absolute atomic E-state index is 0.290. The molecule has 4 rings (SSSR count). The Hall–Kier alpha value is -2.91. The van der Waals surface area contributed by atoms with Crippen molar-refractivity contribution in [3.05, 3.63) is 35.0 Å². The second-order valence-corrected chi connectivity index (χ2v) is 8.41. The summed E-state index contributed by atoms with van der Waals surface area (Å²) >= 11 is 0. The van der Waals surface area contributed by atoms with Gasteiger partial charge in [0.1, 0.15) is 11.3 Å². The van der Waals surface area contributed by atoms with Gasteiger partial charge in [-0.25, -0.2) is 0 Å². The molecular formula is C23H33N7O2. The van der Waals surface area contributed by atoms with Crippen LogP contribution in [0.2, 0.25) is 0 Å². The monoisotopic (exact) mass is 439 g/mol. The summed E-state index contributed by atoms with van der Waals surface area (Å²) in [7, 11) is 1.71. The van der Waals surface area contributed by atoms with E-state index in [0.717, 1.165) is 56.0 Å². The van der Waals surface area contributed by atoms with Crippen molar-refractivity contribution < 1.29 is 9.47 Å². The molecule has 0 aliphatic carbocycles. The first kappa shape index (κ1) is 22.3. The number of unbranched alkanes of at least 4 members (excludes halogenated alkanes) is 1. The van der Waals surface area contributed by atoms with Crippen LogP contribution in [0.25, 0.3) is 11.0 Å². The number of nitrogens with one attached hydrogen (secondary N) is 2. The van der Waals surface area contributed by atoms with Crippen molar-refractivity contribution in [2.45, 2.75) is 45.7 Å². The van der Waals surface area contributed by atoms with Gasteiger partial charge in [0.2, 0.25) is 0 Å². The second-order valence-electron chi connectivity index (χ2n) is 8.41. The summed E-state index contributed by atoms with van der Waals surface area (Å²) in [4.78, 5) is 11.3. The Morgan fingerprint density at radius 3 is 2.91 bits per heavy atom. The average Bonchev–Trinajstić information content (AvgIpc) is 3.18. The Labute approximate surface area is 188 Å². The summed E-state index contributed by atoms with van der Waals surface area (Å²) in [5, 5.41) is 10.9. The molecule has 0 bridgehead atoms. The Balaban J connectivity index is 1.54. The lowest BCUT2D eigenvalue weighted by Crippen LogP contribution is -2.48. The molecule has 0 spiro atoms. The summed E-state index contributed by atoms with van der Waals surface area (Å²) in [6.45, 7) is 8.94. The van der Waals surface area contributed by atoms with E-state index < -0.39 is 0 Å². The lowest BCUT2D eigenvalue weighted by Gasteiger charge is -2.31. The standard InChI is InChI=1S/C23H33N7O2/c1-4-5-10-32-23-26-20-18(28-29-21(20)22(24)27-23)12-17-7-6-16(11-19(17)31-3)14-30-9-8-25-15(2)13-30/h6-7,11,15,25H,4-5,8-10,12-14H2,1-3H3,(H,28,29)(H2,24,26,27)/t15-/m1/s1. The van der Waals surface area contributed by atoms with Crippen LogP contribution >= 0.6 is 0 Å². The molecule has 0 saturated carbocycles. The number of piperazine rings is 1. The first-order valence-corrected chi connectivity index (χ1v) is 11.3. The molecule has 0 unspecified atom stereocenters. The molecule has 32 heavy (non-hydrogen) atoms. The van der Waals surface area contributed by atoms with Crippen LogP contribution in [0.15, 0.2) is 18.2 Å². The SMILES string of the molecule is CCCCOc1nc(N)c2n[nH]c(Cc3ccc(CN4CCN[C@H](C)C4)cc3OC)c2n1. The van der Waals surface area contributed by atoms with Gasteiger partial charge in [-0.2, -0.15) is 15.1 Å². The van der Waals surface area contributed by atoms with Gasteiger partial charge in [0.05, 0.1) is 19.4 Å². The minimum atomic E-state index is 0.290. The minimum Gasteiger partial charge on any atom is -0.496 e. The van der Waals surface area contributed by atoms with Gasteiger partial charge < -0.3 is 20.5 Å². The lowest BCUT2D eigenvalue weighted by atomic mass is 10.0. The summed E-state index contributed by atoms with van der Waals surface area (Å²) in [6.07, 6.45) is 2.57. The van der Waals surface area contributed by atoms with Crippen molar-refractivity contribution in [1.29, 1.82) is 0 Å². The van der Waals surface area contributed by atoms with Crippen molar-refractivity contribution in [1.82, 2.24) is 30.4 Å². The molecule has 0 radical (unpaired) electrons. The van der Waals surface area contributed by atoms with Crippen molar-refractivity contribution in [3.8, 4) is 11.8 Å². The van der Waals surface area contributed by atoms with Crippen molar-refractivity contribution in [2.75, 3.05) is 39.1 Å². The molecule has 0 amide bonds. The van der Waals surface area contributed by atoms with E-state index in [2.05, 4.69) is 62.4 Å². The third-order valence-corrected chi connectivity index (χ3v) is 5.79. The third kappa shape index (κ3) is 5.11. The number of anilines is 1. The number of nitrogen functional groups attached to an aromatic ring is 1. The zero-order valence-electron chi connectivity index (χ0n) is 19.1. The van der Waals surface area contributed by atoms with Crippen LogP contribution in [0.4, 0.5) is 5.82 Å². The van der Waals surface area contributed by atoms with Gasteiger partial charge in [0, 0.05) is 44.2 Å². The summed E-state index contributed by atoms with van der Waals surface area (Å²) < 4.78 is 11.4. The quantitative estimate of drug-likeness (QED) is 0.436. The number of aromatic nitrogens is 4. The molecule has 172 valence electrons.